The molecule has 0 bridgehead atoms. The molecule has 0 saturated heterocycles. The lowest BCUT2D eigenvalue weighted by molar-refractivity contribution is 0.590. The van der Waals surface area contributed by atoms with E-state index < -0.39 is 0 Å². The van der Waals surface area contributed by atoms with Crippen molar-refractivity contribution in [2.24, 2.45) is 0 Å². The molecule has 8 aromatic rings. The first-order valence-corrected chi connectivity index (χ1v) is 17.3. The highest BCUT2D eigenvalue weighted by Gasteiger charge is 2.36. The van der Waals surface area contributed by atoms with Gasteiger partial charge in [0.05, 0.1) is 5.69 Å². The summed E-state index contributed by atoms with van der Waals surface area (Å²) < 4.78 is 6.69. The molecule has 9 rings (SSSR count). The predicted molar refractivity (Wildman–Crippen MR) is 208 cm³/mol. The van der Waals surface area contributed by atoms with E-state index in [4.69, 9.17) is 4.42 Å². The highest BCUT2D eigenvalue weighted by molar-refractivity contribution is 6.15. The Labute approximate surface area is 288 Å². The number of hydrogen-bond acceptors (Lipinski definition) is 2. The molecule has 1 aliphatic rings. The first-order valence-electron chi connectivity index (χ1n) is 17.3. The van der Waals surface area contributed by atoms with Gasteiger partial charge in [0.1, 0.15) is 11.2 Å². The summed E-state index contributed by atoms with van der Waals surface area (Å²) in [6, 6.07) is 53.3. The SMILES string of the molecule is CC(C)(C)c1ccc(N(c2ccc3c(c2)C(C)(C)c2ccccc2-3)c2ccc3ccccc3c2-c2cccc3c2oc2ccccc23)cc1. The van der Waals surface area contributed by atoms with E-state index in [0.29, 0.717) is 0 Å². The van der Waals surface area contributed by atoms with Crippen LogP contribution in [0.25, 0.3) is 55.0 Å². The van der Waals surface area contributed by atoms with Gasteiger partial charge in [0.2, 0.25) is 0 Å². The third-order valence-electron chi connectivity index (χ3n) is 10.6. The number of fused-ring (bicyclic) bond motifs is 7. The molecule has 0 saturated carbocycles. The minimum Gasteiger partial charge on any atom is -0.455 e. The Morgan fingerprint density at radius 3 is 2.00 bits per heavy atom. The second kappa shape index (κ2) is 10.7. The third kappa shape index (κ3) is 4.54. The molecule has 1 aliphatic carbocycles. The number of furan rings is 1. The largest absolute Gasteiger partial charge is 0.455 e. The smallest absolute Gasteiger partial charge is 0.143 e. The van der Waals surface area contributed by atoms with Crippen LogP contribution >= 0.6 is 0 Å². The van der Waals surface area contributed by atoms with E-state index in [1.54, 1.807) is 0 Å². The van der Waals surface area contributed by atoms with Crippen LogP contribution < -0.4 is 4.90 Å². The normalized spacial score (nSPS) is 13.6. The summed E-state index contributed by atoms with van der Waals surface area (Å²) in [5, 5.41) is 4.65. The highest BCUT2D eigenvalue weighted by atomic mass is 16.3. The Kier molecular flexibility index (Phi) is 6.45. The summed E-state index contributed by atoms with van der Waals surface area (Å²) in [6.07, 6.45) is 0. The van der Waals surface area contributed by atoms with Crippen molar-refractivity contribution in [2.75, 3.05) is 4.90 Å². The summed E-state index contributed by atoms with van der Waals surface area (Å²) in [7, 11) is 0. The minimum absolute atomic E-state index is 0.0534. The highest BCUT2D eigenvalue weighted by Crippen LogP contribution is 2.52. The Balaban J connectivity index is 1.35. The second-order valence-electron chi connectivity index (χ2n) is 15.0. The van der Waals surface area contributed by atoms with Gasteiger partial charge in [-0.05, 0) is 80.4 Å². The fourth-order valence-electron chi connectivity index (χ4n) is 8.04. The zero-order chi connectivity index (χ0) is 33.5. The van der Waals surface area contributed by atoms with Crippen LogP contribution in [0.3, 0.4) is 0 Å². The van der Waals surface area contributed by atoms with Crippen molar-refractivity contribution in [1.29, 1.82) is 0 Å². The first-order chi connectivity index (χ1) is 23.7. The fourth-order valence-corrected chi connectivity index (χ4v) is 8.04. The van der Waals surface area contributed by atoms with Crippen molar-refractivity contribution < 1.29 is 4.42 Å². The van der Waals surface area contributed by atoms with E-state index in [1.807, 2.05) is 6.07 Å². The number of anilines is 3. The van der Waals surface area contributed by atoms with Crippen LogP contribution in [-0.2, 0) is 10.8 Å². The van der Waals surface area contributed by atoms with Gasteiger partial charge >= 0.3 is 0 Å². The molecule has 1 heterocycles. The molecule has 0 radical (unpaired) electrons. The summed E-state index contributed by atoms with van der Waals surface area (Å²) in [6.45, 7) is 11.5. The standard InChI is InChI=1S/C47H39NO/c1-46(2,3)31-22-24-32(25-23-31)48(33-26-27-36-35-15-8-10-19-40(35)47(4,5)41(36)29-33)42-28-21-30-13-6-7-14-34(30)44(42)39-18-12-17-38-37-16-9-11-20-43(37)49-45(38)39/h6-29H,1-5H3. The number of para-hydroxylation sites is 2. The zero-order valence-corrected chi connectivity index (χ0v) is 28.7. The van der Waals surface area contributed by atoms with Crippen molar-refractivity contribution in [3.8, 4) is 22.3 Å². The quantitative estimate of drug-likeness (QED) is 0.192. The maximum absolute atomic E-state index is 6.69. The van der Waals surface area contributed by atoms with E-state index >= 15 is 0 Å². The molecule has 0 spiro atoms. The number of nitrogens with zero attached hydrogens (tertiary/aromatic N) is 1. The van der Waals surface area contributed by atoms with Gasteiger partial charge < -0.3 is 9.32 Å². The molecule has 49 heavy (non-hydrogen) atoms. The lowest BCUT2D eigenvalue weighted by atomic mass is 9.82. The van der Waals surface area contributed by atoms with Crippen LogP contribution in [0.2, 0.25) is 0 Å². The van der Waals surface area contributed by atoms with Gasteiger partial charge in [-0.3, -0.25) is 0 Å². The molecular formula is C47H39NO. The average Bonchev–Trinajstić information content (AvgIpc) is 3.61. The summed E-state index contributed by atoms with van der Waals surface area (Å²) in [4.78, 5) is 2.45. The van der Waals surface area contributed by atoms with Crippen molar-refractivity contribution in [3.63, 3.8) is 0 Å². The molecule has 0 N–H and O–H groups in total. The molecule has 0 aliphatic heterocycles. The van der Waals surface area contributed by atoms with Gasteiger partial charge in [0, 0.05) is 38.7 Å². The summed E-state index contributed by atoms with van der Waals surface area (Å²) in [5.41, 5.74) is 14.1. The maximum atomic E-state index is 6.69. The van der Waals surface area contributed by atoms with E-state index in [-0.39, 0.29) is 10.8 Å². The lowest BCUT2D eigenvalue weighted by Crippen LogP contribution is -2.17. The van der Waals surface area contributed by atoms with E-state index in [9.17, 15) is 0 Å². The molecule has 1 aromatic heterocycles. The van der Waals surface area contributed by atoms with Crippen LogP contribution in [0, 0.1) is 0 Å². The molecule has 7 aromatic carbocycles. The van der Waals surface area contributed by atoms with Crippen molar-refractivity contribution >= 4 is 49.8 Å². The van der Waals surface area contributed by atoms with Crippen LogP contribution in [0.15, 0.2) is 150 Å². The van der Waals surface area contributed by atoms with Gasteiger partial charge in [-0.25, -0.2) is 0 Å². The van der Waals surface area contributed by atoms with E-state index in [0.717, 1.165) is 50.1 Å². The fraction of sp³-hybridized carbons (Fsp3) is 0.149. The molecule has 0 fully saturated rings. The number of benzene rings is 7. The maximum Gasteiger partial charge on any atom is 0.143 e. The summed E-state index contributed by atoms with van der Waals surface area (Å²) >= 11 is 0. The second-order valence-corrected chi connectivity index (χ2v) is 15.0. The van der Waals surface area contributed by atoms with Gasteiger partial charge in [-0.15, -0.1) is 0 Å². The van der Waals surface area contributed by atoms with Crippen molar-refractivity contribution in [2.45, 2.75) is 45.4 Å². The first kappa shape index (κ1) is 29.5. The molecule has 0 unspecified atom stereocenters. The van der Waals surface area contributed by atoms with Gasteiger partial charge in [-0.2, -0.15) is 0 Å². The molecule has 2 nitrogen and oxygen atoms in total. The monoisotopic (exact) mass is 633 g/mol. The number of rotatable bonds is 4. The van der Waals surface area contributed by atoms with Crippen LogP contribution in [0.1, 0.15) is 51.3 Å². The molecule has 2 heteroatoms. The number of hydrogen-bond donors (Lipinski definition) is 0. The topological polar surface area (TPSA) is 16.4 Å². The van der Waals surface area contributed by atoms with Crippen LogP contribution in [0.5, 0.6) is 0 Å². The van der Waals surface area contributed by atoms with Gasteiger partial charge in [0.25, 0.3) is 0 Å². The van der Waals surface area contributed by atoms with Gasteiger partial charge in [0.15, 0.2) is 0 Å². The Morgan fingerprint density at radius 2 is 1.18 bits per heavy atom. The minimum atomic E-state index is -0.115. The Hall–Kier alpha value is -5.60. The molecule has 238 valence electrons. The lowest BCUT2D eigenvalue weighted by Gasteiger charge is -2.31. The summed E-state index contributed by atoms with van der Waals surface area (Å²) in [5.74, 6) is 0. The third-order valence-corrected chi connectivity index (χ3v) is 10.6. The van der Waals surface area contributed by atoms with Crippen molar-refractivity contribution in [1.82, 2.24) is 0 Å². The Bertz CT molecular complexity index is 2560. The molecular weight excluding hydrogens is 595 g/mol. The van der Waals surface area contributed by atoms with Gasteiger partial charge in [-0.1, -0.05) is 144 Å². The Morgan fingerprint density at radius 1 is 0.531 bits per heavy atom. The van der Waals surface area contributed by atoms with E-state index in [1.165, 1.54) is 38.6 Å². The van der Waals surface area contributed by atoms with Crippen molar-refractivity contribution in [3.05, 3.63) is 162 Å². The van der Waals surface area contributed by atoms with Crippen LogP contribution in [0.4, 0.5) is 17.1 Å². The molecule has 0 atom stereocenters. The zero-order valence-electron chi connectivity index (χ0n) is 28.7. The predicted octanol–water partition coefficient (Wildman–Crippen LogP) is 13.5. The van der Waals surface area contributed by atoms with Crippen LogP contribution in [-0.4, -0.2) is 0 Å². The van der Waals surface area contributed by atoms with E-state index in [2.05, 4.69) is 179 Å². The average molecular weight is 634 g/mol. The molecule has 0 amide bonds.